The van der Waals surface area contributed by atoms with Gasteiger partial charge in [0.1, 0.15) is 0 Å². The molecule has 288 valence electrons. The molecule has 0 amide bonds. The first kappa shape index (κ1) is 36.3. The van der Waals surface area contributed by atoms with E-state index in [2.05, 4.69) is 247 Å². The summed E-state index contributed by atoms with van der Waals surface area (Å²) < 4.78 is 2.43. The summed E-state index contributed by atoms with van der Waals surface area (Å²) in [6, 6.07) is 88.9. The molecule has 10 aromatic carbocycles. The number of benzene rings is 10. The molecule has 1 atom stereocenters. The van der Waals surface area contributed by atoms with Gasteiger partial charge in [0.05, 0.1) is 11.0 Å². The lowest BCUT2D eigenvalue weighted by atomic mass is 9.84. The van der Waals surface area contributed by atoms with Crippen LogP contribution in [0, 0.1) is 0 Å². The van der Waals surface area contributed by atoms with Crippen molar-refractivity contribution in [1.82, 2.24) is 4.57 Å². The average Bonchev–Trinajstić information content (AvgIpc) is 3.69. The van der Waals surface area contributed by atoms with Crippen molar-refractivity contribution in [1.29, 1.82) is 0 Å². The first-order chi connectivity index (χ1) is 30.2. The Morgan fingerprint density at radius 3 is 1.33 bits per heavy atom. The summed E-state index contributed by atoms with van der Waals surface area (Å²) in [6.45, 7) is 0. The predicted octanol–water partition coefficient (Wildman–Crippen LogP) is 16.0. The summed E-state index contributed by atoms with van der Waals surface area (Å²) >= 11 is 0. The Balaban J connectivity index is 0.945. The molecule has 0 aliphatic heterocycles. The van der Waals surface area contributed by atoms with Gasteiger partial charge in [-0.3, -0.25) is 0 Å². The molecular formula is C60H43N. The SMILES string of the molecule is c1ccc(-c2ccc(CC(c3ccc(-c4ccc(-c5ccccc5)cc4)cc3)c3ccc(-c4ccc5c(c4)c4ccc6ccccc6c4n5-c4ccccc4)cc3)cc2)cc1. The molecule has 0 N–H and O–H groups in total. The van der Waals surface area contributed by atoms with E-state index in [1.54, 1.807) is 0 Å². The summed E-state index contributed by atoms with van der Waals surface area (Å²) in [4.78, 5) is 0. The second-order valence-electron chi connectivity index (χ2n) is 16.1. The molecule has 0 radical (unpaired) electrons. The van der Waals surface area contributed by atoms with Crippen molar-refractivity contribution >= 4 is 32.6 Å². The molecule has 0 spiro atoms. The highest BCUT2D eigenvalue weighted by Crippen LogP contribution is 2.39. The zero-order valence-electron chi connectivity index (χ0n) is 33.8. The van der Waals surface area contributed by atoms with E-state index in [1.165, 1.54) is 99.5 Å². The van der Waals surface area contributed by atoms with Crippen LogP contribution in [0.3, 0.4) is 0 Å². The van der Waals surface area contributed by atoms with Crippen LogP contribution in [0.1, 0.15) is 22.6 Å². The minimum absolute atomic E-state index is 0.186. The first-order valence-corrected chi connectivity index (χ1v) is 21.3. The van der Waals surface area contributed by atoms with E-state index in [-0.39, 0.29) is 5.92 Å². The molecule has 0 saturated carbocycles. The Kier molecular flexibility index (Phi) is 9.41. The molecule has 1 aromatic heterocycles. The number of aromatic nitrogens is 1. The van der Waals surface area contributed by atoms with Gasteiger partial charge >= 0.3 is 0 Å². The molecule has 11 aromatic rings. The molecule has 1 heteroatoms. The zero-order chi connectivity index (χ0) is 40.5. The molecule has 61 heavy (non-hydrogen) atoms. The fraction of sp³-hybridized carbons (Fsp3) is 0.0333. The van der Waals surface area contributed by atoms with E-state index in [1.807, 2.05) is 0 Å². The normalized spacial score (nSPS) is 11.9. The molecule has 1 unspecified atom stereocenters. The van der Waals surface area contributed by atoms with Crippen molar-refractivity contribution in [3.8, 4) is 50.2 Å². The Morgan fingerprint density at radius 1 is 0.311 bits per heavy atom. The van der Waals surface area contributed by atoms with Gasteiger partial charge in [-0.25, -0.2) is 0 Å². The summed E-state index contributed by atoms with van der Waals surface area (Å²) in [7, 11) is 0. The average molecular weight is 778 g/mol. The van der Waals surface area contributed by atoms with Crippen molar-refractivity contribution in [3.05, 3.63) is 259 Å². The van der Waals surface area contributed by atoms with Gasteiger partial charge in [0.25, 0.3) is 0 Å². The van der Waals surface area contributed by atoms with Gasteiger partial charge in [0.15, 0.2) is 0 Å². The third kappa shape index (κ3) is 7.01. The lowest BCUT2D eigenvalue weighted by Gasteiger charge is -2.20. The quantitative estimate of drug-likeness (QED) is 0.138. The highest BCUT2D eigenvalue weighted by atomic mass is 15.0. The zero-order valence-corrected chi connectivity index (χ0v) is 33.8. The summed E-state index contributed by atoms with van der Waals surface area (Å²) in [5, 5.41) is 5.04. The topological polar surface area (TPSA) is 4.93 Å². The molecule has 0 aliphatic rings. The lowest BCUT2D eigenvalue weighted by molar-refractivity contribution is 0.805. The van der Waals surface area contributed by atoms with Gasteiger partial charge in [0.2, 0.25) is 0 Å². The van der Waals surface area contributed by atoms with E-state index in [9.17, 15) is 0 Å². The minimum atomic E-state index is 0.186. The number of hydrogen-bond acceptors (Lipinski definition) is 0. The van der Waals surface area contributed by atoms with Crippen molar-refractivity contribution in [2.24, 2.45) is 0 Å². The largest absolute Gasteiger partial charge is 0.309 e. The third-order valence-corrected chi connectivity index (χ3v) is 12.5. The van der Waals surface area contributed by atoms with E-state index >= 15 is 0 Å². The fourth-order valence-corrected chi connectivity index (χ4v) is 9.23. The van der Waals surface area contributed by atoms with Crippen molar-refractivity contribution in [3.63, 3.8) is 0 Å². The van der Waals surface area contributed by atoms with Crippen molar-refractivity contribution in [2.75, 3.05) is 0 Å². The van der Waals surface area contributed by atoms with E-state index in [0.29, 0.717) is 0 Å². The number of hydrogen-bond donors (Lipinski definition) is 0. The van der Waals surface area contributed by atoms with E-state index in [4.69, 9.17) is 0 Å². The van der Waals surface area contributed by atoms with Crippen LogP contribution in [0.4, 0.5) is 0 Å². The number of rotatable bonds is 9. The maximum absolute atomic E-state index is 2.43. The molecule has 0 saturated heterocycles. The second-order valence-corrected chi connectivity index (χ2v) is 16.1. The fourth-order valence-electron chi connectivity index (χ4n) is 9.23. The smallest absolute Gasteiger partial charge is 0.0619 e. The van der Waals surface area contributed by atoms with Crippen molar-refractivity contribution < 1.29 is 0 Å². The number of fused-ring (bicyclic) bond motifs is 5. The number of nitrogens with zero attached hydrogens (tertiary/aromatic N) is 1. The molecule has 1 heterocycles. The van der Waals surface area contributed by atoms with Gasteiger partial charge in [-0.2, -0.15) is 0 Å². The van der Waals surface area contributed by atoms with Crippen LogP contribution in [0.2, 0.25) is 0 Å². The van der Waals surface area contributed by atoms with Crippen LogP contribution < -0.4 is 0 Å². The van der Waals surface area contributed by atoms with Gasteiger partial charge in [0, 0.05) is 27.8 Å². The van der Waals surface area contributed by atoms with Crippen LogP contribution in [0.15, 0.2) is 243 Å². The maximum Gasteiger partial charge on any atom is 0.0619 e. The lowest BCUT2D eigenvalue weighted by Crippen LogP contribution is -2.05. The molecular weight excluding hydrogens is 735 g/mol. The van der Waals surface area contributed by atoms with Crippen LogP contribution in [0.5, 0.6) is 0 Å². The van der Waals surface area contributed by atoms with Crippen LogP contribution >= 0.6 is 0 Å². The molecule has 0 aliphatic carbocycles. The highest BCUT2D eigenvalue weighted by molar-refractivity contribution is 6.19. The van der Waals surface area contributed by atoms with Gasteiger partial charge in [-0.15, -0.1) is 0 Å². The summed E-state index contributed by atoms with van der Waals surface area (Å²) in [6.07, 6.45) is 0.901. The number of para-hydroxylation sites is 1. The predicted molar refractivity (Wildman–Crippen MR) is 258 cm³/mol. The third-order valence-electron chi connectivity index (χ3n) is 12.5. The van der Waals surface area contributed by atoms with Crippen molar-refractivity contribution in [2.45, 2.75) is 12.3 Å². The molecule has 0 fully saturated rings. The highest BCUT2D eigenvalue weighted by Gasteiger charge is 2.18. The summed E-state index contributed by atoms with van der Waals surface area (Å²) in [5.41, 5.74) is 17.4. The monoisotopic (exact) mass is 777 g/mol. The minimum Gasteiger partial charge on any atom is -0.309 e. The Morgan fingerprint density at radius 2 is 0.754 bits per heavy atom. The van der Waals surface area contributed by atoms with Crippen LogP contribution in [0.25, 0.3) is 82.8 Å². The maximum atomic E-state index is 2.43. The summed E-state index contributed by atoms with van der Waals surface area (Å²) in [5.74, 6) is 0.186. The Labute approximate surface area is 357 Å². The van der Waals surface area contributed by atoms with Gasteiger partial charge in [-0.1, -0.05) is 218 Å². The standard InChI is InChI=1S/C60H43N/c1-4-12-43(13-5-1)45-22-20-42(21-23-45)40-57(51-32-28-48(29-33-51)47-26-24-46(25-27-47)44-14-6-2-7-15-44)52-34-30-49(31-35-52)53-37-39-59-58(41-53)56-38-36-50-16-10-11-19-55(50)60(56)61(59)54-17-8-3-9-18-54/h1-39,41,57H,40H2. The molecule has 11 rings (SSSR count). The first-order valence-electron chi connectivity index (χ1n) is 21.3. The Hall–Kier alpha value is -7.74. The Bertz CT molecular complexity index is 3250. The molecule has 1 nitrogen and oxygen atoms in total. The second kappa shape index (κ2) is 15.8. The van der Waals surface area contributed by atoms with Gasteiger partial charge in [-0.05, 0) is 97.3 Å². The molecule has 0 bridgehead atoms. The van der Waals surface area contributed by atoms with Gasteiger partial charge < -0.3 is 4.57 Å². The van der Waals surface area contributed by atoms with Crippen LogP contribution in [-0.2, 0) is 6.42 Å². The van der Waals surface area contributed by atoms with Crippen LogP contribution in [-0.4, -0.2) is 4.57 Å². The van der Waals surface area contributed by atoms with E-state index < -0.39 is 0 Å². The van der Waals surface area contributed by atoms with E-state index in [0.717, 1.165) is 6.42 Å².